The van der Waals surface area contributed by atoms with E-state index in [0.717, 1.165) is 24.6 Å². The molecule has 1 aromatic heterocycles. The first-order valence-electron chi connectivity index (χ1n) is 7.92. The topological polar surface area (TPSA) is 54.5 Å². The monoisotopic (exact) mass is 289 g/mol. The van der Waals surface area contributed by atoms with Crippen LogP contribution in [0.1, 0.15) is 32.1 Å². The number of rotatable bonds is 4. The molecule has 0 radical (unpaired) electrons. The first-order chi connectivity index (χ1) is 10.3. The van der Waals surface area contributed by atoms with Gasteiger partial charge in [0.25, 0.3) is 0 Å². The molecule has 0 unspecified atom stereocenters. The molecule has 21 heavy (non-hydrogen) atoms. The Morgan fingerprint density at radius 2 is 2.29 bits per heavy atom. The van der Waals surface area contributed by atoms with Crippen LogP contribution in [0.15, 0.2) is 24.5 Å². The first kappa shape index (κ1) is 14.2. The molecule has 0 aromatic carbocycles. The van der Waals surface area contributed by atoms with Crippen LogP contribution >= 0.6 is 0 Å². The number of amides is 2. The Labute approximate surface area is 125 Å². The lowest BCUT2D eigenvalue weighted by Crippen LogP contribution is -2.51. The van der Waals surface area contributed by atoms with Crippen molar-refractivity contribution in [3.05, 3.63) is 24.5 Å². The Hall–Kier alpha value is -1.78. The van der Waals surface area contributed by atoms with E-state index in [1.54, 1.807) is 12.4 Å². The highest BCUT2D eigenvalue weighted by molar-refractivity contribution is 5.74. The molecule has 1 aliphatic heterocycles. The van der Waals surface area contributed by atoms with Gasteiger partial charge in [0.05, 0.1) is 12.7 Å². The van der Waals surface area contributed by atoms with E-state index in [2.05, 4.69) is 10.3 Å². The number of nitrogens with one attached hydrogen (secondary N) is 1. The van der Waals surface area contributed by atoms with Crippen molar-refractivity contribution in [2.24, 2.45) is 5.92 Å². The number of piperidine rings is 1. The van der Waals surface area contributed by atoms with E-state index in [1.165, 1.54) is 25.7 Å². The lowest BCUT2D eigenvalue weighted by atomic mass is 9.92. The molecule has 1 aliphatic carbocycles. The van der Waals surface area contributed by atoms with Crippen molar-refractivity contribution in [2.45, 2.75) is 38.1 Å². The number of nitrogens with zero attached hydrogens (tertiary/aromatic N) is 2. The first-order valence-corrected chi connectivity index (χ1v) is 7.92. The van der Waals surface area contributed by atoms with Gasteiger partial charge in [-0.2, -0.15) is 0 Å². The highest BCUT2D eigenvalue weighted by atomic mass is 16.5. The van der Waals surface area contributed by atoms with Gasteiger partial charge in [0.2, 0.25) is 0 Å². The highest BCUT2D eigenvalue weighted by Crippen LogP contribution is 2.36. The SMILES string of the molecule is O=C(NCCOc1cccnc1)N1CCC[C@H]2CCC[C@@H]21. The predicted octanol–water partition coefficient (Wildman–Crippen LogP) is 2.43. The molecule has 2 heterocycles. The largest absolute Gasteiger partial charge is 0.490 e. The Bertz CT molecular complexity index is 466. The van der Waals surface area contributed by atoms with E-state index >= 15 is 0 Å². The van der Waals surface area contributed by atoms with E-state index in [4.69, 9.17) is 4.74 Å². The van der Waals surface area contributed by atoms with E-state index < -0.39 is 0 Å². The predicted molar refractivity (Wildman–Crippen MR) is 80.2 cm³/mol. The molecule has 2 amide bonds. The second kappa shape index (κ2) is 6.78. The fraction of sp³-hybridized carbons (Fsp3) is 0.625. The third-order valence-corrected chi connectivity index (χ3v) is 4.54. The minimum atomic E-state index is 0.0707. The van der Waals surface area contributed by atoms with Crippen LogP contribution in [0.5, 0.6) is 5.75 Å². The second-order valence-electron chi connectivity index (χ2n) is 5.86. The number of carbonyl (C=O) groups is 1. The quantitative estimate of drug-likeness (QED) is 0.866. The maximum absolute atomic E-state index is 12.3. The summed E-state index contributed by atoms with van der Waals surface area (Å²) in [6.07, 6.45) is 9.55. The fourth-order valence-electron chi connectivity index (χ4n) is 3.57. The van der Waals surface area contributed by atoms with Gasteiger partial charge in [0, 0.05) is 18.8 Å². The molecule has 2 aliphatic rings. The lowest BCUT2D eigenvalue weighted by Gasteiger charge is -2.37. The van der Waals surface area contributed by atoms with Crippen LogP contribution in [-0.2, 0) is 0 Å². The van der Waals surface area contributed by atoms with Crippen molar-refractivity contribution in [2.75, 3.05) is 19.7 Å². The van der Waals surface area contributed by atoms with Crippen LogP contribution in [-0.4, -0.2) is 41.7 Å². The van der Waals surface area contributed by atoms with Gasteiger partial charge in [-0.1, -0.05) is 6.42 Å². The summed E-state index contributed by atoms with van der Waals surface area (Å²) in [4.78, 5) is 18.3. The normalized spacial score (nSPS) is 24.5. The van der Waals surface area contributed by atoms with Crippen LogP contribution in [0.2, 0.25) is 0 Å². The van der Waals surface area contributed by atoms with Gasteiger partial charge in [-0.05, 0) is 43.7 Å². The summed E-state index contributed by atoms with van der Waals surface area (Å²) >= 11 is 0. The zero-order valence-electron chi connectivity index (χ0n) is 12.3. The molecule has 1 saturated heterocycles. The maximum atomic E-state index is 12.3. The molecule has 2 fully saturated rings. The van der Waals surface area contributed by atoms with Crippen molar-refractivity contribution in [1.82, 2.24) is 15.2 Å². The number of hydrogen-bond acceptors (Lipinski definition) is 3. The summed E-state index contributed by atoms with van der Waals surface area (Å²) < 4.78 is 5.53. The third-order valence-electron chi connectivity index (χ3n) is 4.54. The highest BCUT2D eigenvalue weighted by Gasteiger charge is 2.37. The van der Waals surface area contributed by atoms with E-state index in [-0.39, 0.29) is 6.03 Å². The van der Waals surface area contributed by atoms with Crippen LogP contribution in [0.25, 0.3) is 0 Å². The van der Waals surface area contributed by atoms with E-state index in [0.29, 0.717) is 19.2 Å². The average molecular weight is 289 g/mol. The van der Waals surface area contributed by atoms with Gasteiger partial charge < -0.3 is 15.0 Å². The molecular weight excluding hydrogens is 266 g/mol. The van der Waals surface area contributed by atoms with E-state index in [1.807, 2.05) is 17.0 Å². The molecule has 0 spiro atoms. The zero-order valence-corrected chi connectivity index (χ0v) is 12.3. The number of urea groups is 1. The molecule has 2 atom stereocenters. The van der Waals surface area contributed by atoms with Gasteiger partial charge >= 0.3 is 6.03 Å². The van der Waals surface area contributed by atoms with Gasteiger partial charge in [-0.3, -0.25) is 4.98 Å². The Kier molecular flexibility index (Phi) is 4.58. The summed E-state index contributed by atoms with van der Waals surface area (Å²) in [5.41, 5.74) is 0. The van der Waals surface area contributed by atoms with Gasteiger partial charge in [-0.25, -0.2) is 4.79 Å². The van der Waals surface area contributed by atoms with Crippen molar-refractivity contribution in [1.29, 1.82) is 0 Å². The number of ether oxygens (including phenoxy) is 1. The Morgan fingerprint density at radius 3 is 3.14 bits per heavy atom. The lowest BCUT2D eigenvalue weighted by molar-refractivity contribution is 0.127. The summed E-state index contributed by atoms with van der Waals surface area (Å²) in [7, 11) is 0. The zero-order chi connectivity index (χ0) is 14.5. The molecule has 1 saturated carbocycles. The van der Waals surface area contributed by atoms with Crippen LogP contribution in [0.3, 0.4) is 0 Å². The Morgan fingerprint density at radius 1 is 1.38 bits per heavy atom. The molecule has 1 aromatic rings. The number of carbonyl (C=O) groups excluding carboxylic acids is 1. The van der Waals surface area contributed by atoms with Crippen LogP contribution in [0, 0.1) is 5.92 Å². The number of likely N-dealkylation sites (tertiary alicyclic amines) is 1. The Balaban J connectivity index is 1.41. The minimum Gasteiger partial charge on any atom is -0.490 e. The van der Waals surface area contributed by atoms with Crippen molar-refractivity contribution in [3.8, 4) is 5.75 Å². The van der Waals surface area contributed by atoms with Gasteiger partial charge in [-0.15, -0.1) is 0 Å². The summed E-state index contributed by atoms with van der Waals surface area (Å²) in [5.74, 6) is 1.47. The molecule has 5 heteroatoms. The average Bonchev–Trinajstić information content (AvgIpc) is 3.01. The van der Waals surface area contributed by atoms with Crippen molar-refractivity contribution >= 4 is 6.03 Å². The molecule has 114 valence electrons. The number of pyridine rings is 1. The summed E-state index contributed by atoms with van der Waals surface area (Å²) in [6, 6.07) is 4.24. The summed E-state index contributed by atoms with van der Waals surface area (Å²) in [6.45, 7) is 1.90. The van der Waals surface area contributed by atoms with Crippen LogP contribution in [0.4, 0.5) is 4.79 Å². The minimum absolute atomic E-state index is 0.0707. The second-order valence-corrected chi connectivity index (χ2v) is 5.86. The third kappa shape index (κ3) is 3.46. The maximum Gasteiger partial charge on any atom is 0.317 e. The number of aromatic nitrogens is 1. The smallest absolute Gasteiger partial charge is 0.317 e. The molecule has 3 rings (SSSR count). The van der Waals surface area contributed by atoms with Gasteiger partial charge in [0.15, 0.2) is 0 Å². The van der Waals surface area contributed by atoms with E-state index in [9.17, 15) is 4.79 Å². The van der Waals surface area contributed by atoms with Crippen molar-refractivity contribution < 1.29 is 9.53 Å². The molecule has 5 nitrogen and oxygen atoms in total. The summed E-state index contributed by atoms with van der Waals surface area (Å²) in [5, 5.41) is 2.98. The standard InChI is InChI=1S/C16H23N3O2/c20-16(18-9-11-21-14-6-2-8-17-12-14)19-10-3-5-13-4-1-7-15(13)19/h2,6,8,12-13,15H,1,3-5,7,9-11H2,(H,18,20)/t13-,15+/m1/s1. The number of fused-ring (bicyclic) bond motifs is 1. The number of hydrogen-bond donors (Lipinski definition) is 1. The molecular formula is C16H23N3O2. The van der Waals surface area contributed by atoms with Crippen molar-refractivity contribution in [3.63, 3.8) is 0 Å². The van der Waals surface area contributed by atoms with Gasteiger partial charge in [0.1, 0.15) is 12.4 Å². The molecule has 1 N–H and O–H groups in total. The van der Waals surface area contributed by atoms with Crippen LogP contribution < -0.4 is 10.1 Å². The fourth-order valence-corrected chi connectivity index (χ4v) is 3.57. The molecule has 0 bridgehead atoms.